The van der Waals surface area contributed by atoms with Crippen molar-refractivity contribution in [3.63, 3.8) is 0 Å². The Morgan fingerprint density at radius 2 is 1.62 bits per heavy atom. The number of nitrogens with one attached hydrogen (secondary N) is 1. The molecule has 148 valence electrons. The molecule has 5 nitrogen and oxygen atoms in total. The number of ether oxygens (including phenoxy) is 1. The van der Waals surface area contributed by atoms with Crippen molar-refractivity contribution in [3.05, 3.63) is 83.9 Å². The molecule has 0 aliphatic carbocycles. The van der Waals surface area contributed by atoms with Crippen LogP contribution in [-0.4, -0.2) is 18.4 Å². The summed E-state index contributed by atoms with van der Waals surface area (Å²) in [5, 5.41) is 2.86. The van der Waals surface area contributed by atoms with Gasteiger partial charge in [0.1, 0.15) is 12.3 Å². The van der Waals surface area contributed by atoms with Gasteiger partial charge >= 0.3 is 0 Å². The molecule has 0 aromatic heterocycles. The van der Waals surface area contributed by atoms with Gasteiger partial charge in [-0.2, -0.15) is 0 Å². The number of amides is 2. The second-order valence-electron chi connectivity index (χ2n) is 6.85. The third-order valence-electron chi connectivity index (χ3n) is 4.46. The van der Waals surface area contributed by atoms with Crippen LogP contribution in [-0.2, 0) is 9.59 Å². The summed E-state index contributed by atoms with van der Waals surface area (Å²) in [6, 6.07) is 22.4. The Morgan fingerprint density at radius 3 is 2.31 bits per heavy atom. The first-order chi connectivity index (χ1) is 13.9. The van der Waals surface area contributed by atoms with E-state index in [0.29, 0.717) is 17.2 Å². The normalized spacial score (nSPS) is 10.3. The third kappa shape index (κ3) is 5.23. The van der Waals surface area contributed by atoms with E-state index in [1.54, 1.807) is 12.1 Å². The van der Waals surface area contributed by atoms with Crippen molar-refractivity contribution in [2.24, 2.45) is 0 Å². The van der Waals surface area contributed by atoms with Gasteiger partial charge in [-0.15, -0.1) is 0 Å². The summed E-state index contributed by atoms with van der Waals surface area (Å²) in [7, 11) is 0. The van der Waals surface area contributed by atoms with Crippen LogP contribution in [0.5, 0.6) is 11.5 Å². The number of anilines is 2. The number of para-hydroxylation sites is 3. The van der Waals surface area contributed by atoms with Crippen molar-refractivity contribution in [1.29, 1.82) is 0 Å². The first-order valence-corrected chi connectivity index (χ1v) is 9.41. The van der Waals surface area contributed by atoms with Gasteiger partial charge < -0.3 is 15.0 Å². The first kappa shape index (κ1) is 20.1. The van der Waals surface area contributed by atoms with E-state index in [1.807, 2.05) is 74.5 Å². The van der Waals surface area contributed by atoms with Crippen LogP contribution in [0.4, 0.5) is 11.4 Å². The highest BCUT2D eigenvalue weighted by Gasteiger charge is 2.18. The van der Waals surface area contributed by atoms with Crippen LogP contribution in [0.2, 0.25) is 0 Å². The molecule has 0 aliphatic heterocycles. The van der Waals surface area contributed by atoms with Crippen molar-refractivity contribution in [1.82, 2.24) is 0 Å². The fourth-order valence-corrected chi connectivity index (χ4v) is 3.08. The summed E-state index contributed by atoms with van der Waals surface area (Å²) in [5.41, 5.74) is 3.32. The van der Waals surface area contributed by atoms with Gasteiger partial charge in [-0.25, -0.2) is 0 Å². The molecule has 0 atom stereocenters. The Hall–Kier alpha value is -3.60. The van der Waals surface area contributed by atoms with E-state index >= 15 is 0 Å². The van der Waals surface area contributed by atoms with Gasteiger partial charge in [-0.3, -0.25) is 9.59 Å². The molecule has 0 saturated carbocycles. The standard InChI is InChI=1S/C24H24N2O3/c1-17-13-14-22(18(2)15-17)26(19(3)27)16-24(28)25-21-11-7-8-12-23(21)29-20-9-5-4-6-10-20/h4-15H,16H2,1-3H3,(H,25,28). The third-order valence-corrected chi connectivity index (χ3v) is 4.46. The van der Waals surface area contributed by atoms with Crippen molar-refractivity contribution < 1.29 is 14.3 Å². The summed E-state index contributed by atoms with van der Waals surface area (Å²) in [4.78, 5) is 26.4. The molecule has 0 unspecified atom stereocenters. The minimum absolute atomic E-state index is 0.0844. The maximum absolute atomic E-state index is 12.7. The molecule has 0 heterocycles. The fourth-order valence-electron chi connectivity index (χ4n) is 3.08. The quantitative estimate of drug-likeness (QED) is 0.640. The van der Waals surface area contributed by atoms with Gasteiger partial charge in [0.15, 0.2) is 5.75 Å². The molecule has 0 saturated heterocycles. The van der Waals surface area contributed by atoms with E-state index < -0.39 is 0 Å². The molecule has 3 aromatic rings. The average molecular weight is 388 g/mol. The molecule has 0 aliphatic rings. The topological polar surface area (TPSA) is 58.6 Å². The zero-order chi connectivity index (χ0) is 20.8. The fraction of sp³-hybridized carbons (Fsp3) is 0.167. The number of benzene rings is 3. The predicted molar refractivity (Wildman–Crippen MR) is 116 cm³/mol. The molecular weight excluding hydrogens is 364 g/mol. The highest BCUT2D eigenvalue weighted by molar-refractivity contribution is 6.02. The smallest absolute Gasteiger partial charge is 0.244 e. The summed E-state index contributed by atoms with van der Waals surface area (Å²) in [6.07, 6.45) is 0. The number of carbonyl (C=O) groups is 2. The van der Waals surface area contributed by atoms with Gasteiger partial charge in [-0.1, -0.05) is 48.0 Å². The van der Waals surface area contributed by atoms with Crippen LogP contribution in [0.1, 0.15) is 18.1 Å². The van der Waals surface area contributed by atoms with E-state index in [2.05, 4.69) is 5.32 Å². The number of hydrogen-bond donors (Lipinski definition) is 1. The number of rotatable bonds is 6. The van der Waals surface area contributed by atoms with Crippen LogP contribution in [0.25, 0.3) is 0 Å². The number of nitrogens with zero attached hydrogens (tertiary/aromatic N) is 1. The van der Waals surface area contributed by atoms with Gasteiger partial charge in [-0.05, 0) is 49.7 Å². The molecule has 0 fully saturated rings. The second kappa shape index (κ2) is 9.06. The molecule has 1 N–H and O–H groups in total. The molecule has 0 spiro atoms. The van der Waals surface area contributed by atoms with E-state index in [9.17, 15) is 9.59 Å². The Morgan fingerprint density at radius 1 is 0.931 bits per heavy atom. The lowest BCUT2D eigenvalue weighted by atomic mass is 10.1. The summed E-state index contributed by atoms with van der Waals surface area (Å²) in [6.45, 7) is 5.29. The molecular formula is C24H24N2O3. The van der Waals surface area contributed by atoms with Crippen molar-refractivity contribution >= 4 is 23.2 Å². The molecule has 0 radical (unpaired) electrons. The SMILES string of the molecule is CC(=O)N(CC(=O)Nc1ccccc1Oc1ccccc1)c1ccc(C)cc1C. The minimum Gasteiger partial charge on any atom is -0.455 e. The number of carbonyl (C=O) groups excluding carboxylic acids is 2. The van der Waals surface area contributed by atoms with E-state index in [1.165, 1.54) is 11.8 Å². The maximum Gasteiger partial charge on any atom is 0.244 e. The van der Waals surface area contributed by atoms with Crippen molar-refractivity contribution in [2.75, 3.05) is 16.8 Å². The zero-order valence-electron chi connectivity index (χ0n) is 16.8. The Labute approximate surface area is 170 Å². The van der Waals surface area contributed by atoms with Crippen LogP contribution in [0, 0.1) is 13.8 Å². The maximum atomic E-state index is 12.7. The molecule has 3 rings (SSSR count). The van der Waals surface area contributed by atoms with Gasteiger partial charge in [0.2, 0.25) is 11.8 Å². The van der Waals surface area contributed by atoms with E-state index in [4.69, 9.17) is 4.74 Å². The first-order valence-electron chi connectivity index (χ1n) is 9.41. The van der Waals surface area contributed by atoms with Crippen molar-refractivity contribution in [2.45, 2.75) is 20.8 Å². The van der Waals surface area contributed by atoms with E-state index in [-0.39, 0.29) is 18.4 Å². The second-order valence-corrected chi connectivity index (χ2v) is 6.85. The van der Waals surface area contributed by atoms with Crippen LogP contribution < -0.4 is 15.0 Å². The Balaban J connectivity index is 1.76. The van der Waals surface area contributed by atoms with E-state index in [0.717, 1.165) is 16.8 Å². The summed E-state index contributed by atoms with van der Waals surface area (Å²) in [5.74, 6) is 0.716. The Kier molecular flexibility index (Phi) is 6.29. The number of aryl methyl sites for hydroxylation is 2. The highest BCUT2D eigenvalue weighted by atomic mass is 16.5. The number of hydrogen-bond acceptors (Lipinski definition) is 3. The summed E-state index contributed by atoms with van der Waals surface area (Å²) >= 11 is 0. The molecule has 0 bridgehead atoms. The highest BCUT2D eigenvalue weighted by Crippen LogP contribution is 2.29. The molecule has 2 amide bonds. The predicted octanol–water partition coefficient (Wildman–Crippen LogP) is 5.09. The lowest BCUT2D eigenvalue weighted by molar-refractivity contribution is -0.120. The molecule has 29 heavy (non-hydrogen) atoms. The Bertz CT molecular complexity index is 1020. The zero-order valence-corrected chi connectivity index (χ0v) is 16.8. The van der Waals surface area contributed by atoms with Crippen LogP contribution >= 0.6 is 0 Å². The van der Waals surface area contributed by atoms with Crippen molar-refractivity contribution in [3.8, 4) is 11.5 Å². The minimum atomic E-state index is -0.302. The lowest BCUT2D eigenvalue weighted by Gasteiger charge is -2.23. The lowest BCUT2D eigenvalue weighted by Crippen LogP contribution is -2.37. The monoisotopic (exact) mass is 388 g/mol. The molecule has 5 heteroatoms. The average Bonchev–Trinajstić information content (AvgIpc) is 2.69. The molecule has 3 aromatic carbocycles. The van der Waals surface area contributed by atoms with Crippen LogP contribution in [0.15, 0.2) is 72.8 Å². The van der Waals surface area contributed by atoms with Crippen LogP contribution in [0.3, 0.4) is 0 Å². The van der Waals surface area contributed by atoms with Gasteiger partial charge in [0.05, 0.1) is 5.69 Å². The summed E-state index contributed by atoms with van der Waals surface area (Å²) < 4.78 is 5.88. The van der Waals surface area contributed by atoms with Gasteiger partial charge in [0, 0.05) is 12.6 Å². The van der Waals surface area contributed by atoms with Gasteiger partial charge in [0.25, 0.3) is 0 Å². The largest absolute Gasteiger partial charge is 0.455 e.